The average molecular weight is 388 g/mol. The van der Waals surface area contributed by atoms with Gasteiger partial charge >= 0.3 is 0 Å². The summed E-state index contributed by atoms with van der Waals surface area (Å²) in [5.74, 6) is 0.989. The highest BCUT2D eigenvalue weighted by atomic mass is 16.2. The van der Waals surface area contributed by atoms with Gasteiger partial charge < -0.3 is 20.4 Å². The van der Waals surface area contributed by atoms with Crippen molar-refractivity contribution >= 4 is 11.9 Å². The molecule has 6 nitrogen and oxygen atoms in total. The average Bonchev–Trinajstić information content (AvgIpc) is 3.16. The maximum absolute atomic E-state index is 12.8. The minimum atomic E-state index is -0.341. The SMILES string of the molecule is CCNC(=NCC1(C(=O)N(C)C)CCCC1)NCC(c1ccccc1)N(C)C. The maximum atomic E-state index is 12.8. The Hall–Kier alpha value is -2.08. The number of carbonyl (C=O) groups excluding carboxylic acids is 1. The third-order valence-corrected chi connectivity index (χ3v) is 5.58. The van der Waals surface area contributed by atoms with Crippen LogP contribution in [0.25, 0.3) is 0 Å². The Kier molecular flexibility index (Phi) is 8.30. The first-order valence-corrected chi connectivity index (χ1v) is 10.3. The fraction of sp³-hybridized carbons (Fsp3) is 0.636. The molecule has 1 fully saturated rings. The zero-order valence-corrected chi connectivity index (χ0v) is 18.2. The molecule has 0 aliphatic heterocycles. The number of hydrogen-bond donors (Lipinski definition) is 2. The quantitative estimate of drug-likeness (QED) is 0.531. The molecule has 1 aromatic rings. The summed E-state index contributed by atoms with van der Waals surface area (Å²) in [6.07, 6.45) is 4.07. The molecule has 1 amide bonds. The first-order valence-electron chi connectivity index (χ1n) is 10.3. The fourth-order valence-corrected chi connectivity index (χ4v) is 4.00. The molecule has 0 bridgehead atoms. The van der Waals surface area contributed by atoms with Crippen LogP contribution in [0.1, 0.15) is 44.2 Å². The molecule has 0 aromatic heterocycles. The Morgan fingerprint density at radius 3 is 2.29 bits per heavy atom. The van der Waals surface area contributed by atoms with Gasteiger partial charge in [-0.15, -0.1) is 0 Å². The van der Waals surface area contributed by atoms with Crippen molar-refractivity contribution in [1.29, 1.82) is 0 Å². The standard InChI is InChI=1S/C22H37N5O/c1-6-23-21(24-16-19(26(2)3)18-12-8-7-9-13-18)25-17-22(14-10-11-15-22)20(28)27(4)5/h7-9,12-13,19H,6,10-11,14-17H2,1-5H3,(H2,23,24,25). The van der Waals surface area contributed by atoms with Crippen molar-refractivity contribution in [2.75, 3.05) is 47.8 Å². The molecular formula is C22H37N5O. The highest BCUT2D eigenvalue weighted by Crippen LogP contribution is 2.39. The number of amides is 1. The molecule has 0 spiro atoms. The van der Waals surface area contributed by atoms with Gasteiger partial charge in [0.25, 0.3) is 0 Å². The van der Waals surface area contributed by atoms with Crippen LogP contribution in [0.2, 0.25) is 0 Å². The van der Waals surface area contributed by atoms with Gasteiger partial charge in [-0.1, -0.05) is 43.2 Å². The van der Waals surface area contributed by atoms with Crippen molar-refractivity contribution in [3.05, 3.63) is 35.9 Å². The van der Waals surface area contributed by atoms with Crippen LogP contribution in [0, 0.1) is 5.41 Å². The van der Waals surface area contributed by atoms with Gasteiger partial charge in [-0.05, 0) is 39.4 Å². The lowest BCUT2D eigenvalue weighted by Gasteiger charge is -2.30. The van der Waals surface area contributed by atoms with Gasteiger partial charge in [0.1, 0.15) is 0 Å². The number of rotatable bonds is 8. The Morgan fingerprint density at radius 2 is 1.75 bits per heavy atom. The van der Waals surface area contributed by atoms with Crippen LogP contribution < -0.4 is 10.6 Å². The van der Waals surface area contributed by atoms with Gasteiger partial charge in [0.05, 0.1) is 18.0 Å². The highest BCUT2D eigenvalue weighted by Gasteiger charge is 2.42. The summed E-state index contributed by atoms with van der Waals surface area (Å²) < 4.78 is 0. The molecule has 1 aromatic carbocycles. The van der Waals surface area contributed by atoms with Crippen molar-refractivity contribution < 1.29 is 4.79 Å². The van der Waals surface area contributed by atoms with Crippen LogP contribution in [0.5, 0.6) is 0 Å². The van der Waals surface area contributed by atoms with Crippen molar-refractivity contribution in [2.24, 2.45) is 10.4 Å². The zero-order valence-electron chi connectivity index (χ0n) is 18.2. The number of benzene rings is 1. The number of nitrogens with one attached hydrogen (secondary N) is 2. The molecule has 156 valence electrons. The van der Waals surface area contributed by atoms with Crippen LogP contribution in [0.15, 0.2) is 35.3 Å². The predicted octanol–water partition coefficient (Wildman–Crippen LogP) is 2.49. The van der Waals surface area contributed by atoms with E-state index in [1.807, 2.05) is 20.2 Å². The van der Waals surface area contributed by atoms with E-state index in [-0.39, 0.29) is 17.4 Å². The van der Waals surface area contributed by atoms with E-state index < -0.39 is 0 Å². The van der Waals surface area contributed by atoms with Crippen LogP contribution in [0.3, 0.4) is 0 Å². The van der Waals surface area contributed by atoms with E-state index in [1.165, 1.54) is 5.56 Å². The molecule has 0 radical (unpaired) electrons. The van der Waals surface area contributed by atoms with Gasteiger partial charge in [-0.2, -0.15) is 0 Å². The number of carbonyl (C=O) groups is 1. The second kappa shape index (κ2) is 10.5. The Balaban J connectivity index is 2.10. The third-order valence-electron chi connectivity index (χ3n) is 5.58. The number of guanidine groups is 1. The second-order valence-corrected chi connectivity index (χ2v) is 8.15. The van der Waals surface area contributed by atoms with E-state index in [0.29, 0.717) is 6.54 Å². The largest absolute Gasteiger partial charge is 0.357 e. The molecule has 1 aliphatic carbocycles. The molecule has 1 saturated carbocycles. The number of hydrogen-bond acceptors (Lipinski definition) is 3. The van der Waals surface area contributed by atoms with E-state index in [2.05, 4.69) is 60.8 Å². The molecule has 0 saturated heterocycles. The number of nitrogens with zero attached hydrogens (tertiary/aromatic N) is 3. The predicted molar refractivity (Wildman–Crippen MR) is 116 cm³/mol. The molecule has 2 N–H and O–H groups in total. The third kappa shape index (κ3) is 5.71. The van der Waals surface area contributed by atoms with Crippen molar-refractivity contribution in [2.45, 2.75) is 38.6 Å². The highest BCUT2D eigenvalue weighted by molar-refractivity contribution is 5.84. The Bertz CT molecular complexity index is 636. The molecule has 2 rings (SSSR count). The summed E-state index contributed by atoms with van der Waals surface area (Å²) in [6.45, 7) is 4.14. The smallest absolute Gasteiger partial charge is 0.230 e. The topological polar surface area (TPSA) is 60.0 Å². The summed E-state index contributed by atoms with van der Waals surface area (Å²) >= 11 is 0. The molecule has 28 heavy (non-hydrogen) atoms. The van der Waals surface area contributed by atoms with Crippen molar-refractivity contribution in [3.8, 4) is 0 Å². The normalized spacial score (nSPS) is 17.4. The van der Waals surface area contributed by atoms with Gasteiger partial charge in [-0.25, -0.2) is 0 Å². The monoisotopic (exact) mass is 387 g/mol. The lowest BCUT2D eigenvalue weighted by atomic mass is 9.85. The first-order chi connectivity index (χ1) is 13.4. The number of aliphatic imine (C=N–C) groups is 1. The Labute approximate surface area is 170 Å². The Morgan fingerprint density at radius 1 is 1.11 bits per heavy atom. The second-order valence-electron chi connectivity index (χ2n) is 8.15. The molecule has 0 heterocycles. The maximum Gasteiger partial charge on any atom is 0.230 e. The van der Waals surface area contributed by atoms with Gasteiger partial charge in [0, 0.05) is 27.2 Å². The van der Waals surface area contributed by atoms with Crippen LogP contribution in [0.4, 0.5) is 0 Å². The lowest BCUT2D eigenvalue weighted by molar-refractivity contribution is -0.138. The van der Waals surface area contributed by atoms with E-state index in [0.717, 1.165) is 44.7 Å². The van der Waals surface area contributed by atoms with E-state index >= 15 is 0 Å². The van der Waals surface area contributed by atoms with Crippen LogP contribution in [-0.2, 0) is 4.79 Å². The molecule has 1 aliphatic rings. The van der Waals surface area contributed by atoms with E-state index in [9.17, 15) is 4.79 Å². The minimum absolute atomic E-state index is 0.208. The molecule has 1 unspecified atom stereocenters. The van der Waals surface area contributed by atoms with E-state index in [1.54, 1.807) is 4.90 Å². The van der Waals surface area contributed by atoms with Crippen LogP contribution in [-0.4, -0.2) is 69.5 Å². The van der Waals surface area contributed by atoms with Crippen LogP contribution >= 0.6 is 0 Å². The van der Waals surface area contributed by atoms with E-state index in [4.69, 9.17) is 4.99 Å². The molecule has 6 heteroatoms. The lowest BCUT2D eigenvalue weighted by Crippen LogP contribution is -2.44. The summed E-state index contributed by atoms with van der Waals surface area (Å²) in [5.41, 5.74) is 0.928. The summed E-state index contributed by atoms with van der Waals surface area (Å²) in [4.78, 5) is 21.5. The van der Waals surface area contributed by atoms with Gasteiger partial charge in [0.2, 0.25) is 5.91 Å². The summed E-state index contributed by atoms with van der Waals surface area (Å²) in [5, 5.41) is 6.82. The van der Waals surface area contributed by atoms with Gasteiger partial charge in [-0.3, -0.25) is 9.79 Å². The van der Waals surface area contributed by atoms with Crippen molar-refractivity contribution in [3.63, 3.8) is 0 Å². The fourth-order valence-electron chi connectivity index (χ4n) is 4.00. The van der Waals surface area contributed by atoms with Crippen molar-refractivity contribution in [1.82, 2.24) is 20.4 Å². The number of likely N-dealkylation sites (N-methyl/N-ethyl adjacent to an activating group) is 1. The van der Waals surface area contributed by atoms with Gasteiger partial charge in [0.15, 0.2) is 5.96 Å². The summed E-state index contributed by atoms with van der Waals surface area (Å²) in [6, 6.07) is 10.7. The minimum Gasteiger partial charge on any atom is -0.357 e. The molecular weight excluding hydrogens is 350 g/mol. The first kappa shape index (κ1) is 22.2. The molecule has 1 atom stereocenters. The summed E-state index contributed by atoms with van der Waals surface area (Å²) in [7, 11) is 7.87. The zero-order chi connectivity index (χ0) is 20.6.